The van der Waals surface area contributed by atoms with Crippen LogP contribution in [0.2, 0.25) is 0 Å². The first-order valence-electron chi connectivity index (χ1n) is 4.18. The molecule has 124 valence electrons. The third-order valence-corrected chi connectivity index (χ3v) is 9.53. The summed E-state index contributed by atoms with van der Waals surface area (Å²) in [5.74, 6) is 0. The van der Waals surface area contributed by atoms with Gasteiger partial charge >= 0.3 is 149 Å². The van der Waals surface area contributed by atoms with Gasteiger partial charge in [0.25, 0.3) is 0 Å². The van der Waals surface area contributed by atoms with Crippen LogP contribution in [0.3, 0.4) is 0 Å². The molecule has 23 heavy (non-hydrogen) atoms. The summed E-state index contributed by atoms with van der Waals surface area (Å²) < 4.78 is 43.5. The monoisotopic (exact) mass is 460 g/mol. The topological polar surface area (TPSA) is 230 Å². The fraction of sp³-hybridized carbons (Fsp3) is 1.00. The summed E-state index contributed by atoms with van der Waals surface area (Å²) in [4.78, 5) is 69.7. The van der Waals surface area contributed by atoms with Gasteiger partial charge in [-0.05, 0) is 6.42 Å². The molecule has 0 saturated heterocycles. The van der Waals surface area contributed by atoms with E-state index >= 15 is 0 Å². The molecule has 0 aromatic carbocycles. The first-order valence-corrected chi connectivity index (χ1v) is 10.9. The van der Waals surface area contributed by atoms with Crippen molar-refractivity contribution >= 4 is 149 Å². The van der Waals surface area contributed by atoms with E-state index in [1.54, 1.807) is 0 Å². The number of hydrogen-bond acceptors (Lipinski definition) is 4. The minimum absolute atomic E-state index is 0. The fourth-order valence-electron chi connectivity index (χ4n) is 1.13. The predicted octanol–water partition coefficient (Wildman–Crippen LogP) is -3.85. The summed E-state index contributed by atoms with van der Waals surface area (Å²) in [7, 11) is -22.2. The Balaban J connectivity index is -0.000000270. The van der Waals surface area contributed by atoms with Gasteiger partial charge in [-0.3, -0.25) is 18.3 Å². The van der Waals surface area contributed by atoms with E-state index in [-0.39, 0.29) is 118 Å². The van der Waals surface area contributed by atoms with Crippen LogP contribution in [0.15, 0.2) is 0 Å². The Morgan fingerprint density at radius 2 is 0.609 bits per heavy atom. The van der Waals surface area contributed by atoms with Crippen LogP contribution in [0.25, 0.3) is 0 Å². The van der Waals surface area contributed by atoms with E-state index in [4.69, 9.17) is 39.1 Å². The molecule has 0 aliphatic carbocycles. The Labute approximate surface area is 219 Å². The Kier molecular flexibility index (Phi) is 22.9. The van der Waals surface area contributed by atoms with E-state index in [2.05, 4.69) is 0 Å². The Morgan fingerprint density at radius 3 is 0.696 bits per heavy atom. The molecule has 0 saturated carbocycles. The molecule has 12 nitrogen and oxygen atoms in total. The summed E-state index contributed by atoms with van der Waals surface area (Å²) in [6.45, 7) is 0. The van der Waals surface area contributed by atoms with Gasteiger partial charge < -0.3 is 39.1 Å². The molecular weight excluding hydrogens is 444 g/mol. The molecule has 0 rings (SSSR count). The van der Waals surface area contributed by atoms with Crippen LogP contribution >= 0.6 is 30.4 Å². The summed E-state index contributed by atoms with van der Waals surface area (Å²) in [6, 6.07) is 0. The van der Waals surface area contributed by atoms with Crippen molar-refractivity contribution in [3.63, 3.8) is 0 Å². The molecule has 8 N–H and O–H groups in total. The second-order valence-electron chi connectivity index (χ2n) is 3.55. The summed E-state index contributed by atoms with van der Waals surface area (Å²) >= 11 is 0. The maximum absolute atomic E-state index is 10.9. The van der Waals surface area contributed by atoms with Crippen molar-refractivity contribution in [1.29, 1.82) is 0 Å². The molecule has 0 aromatic rings. The minimum atomic E-state index is -5.54. The maximum atomic E-state index is 10.9. The summed E-state index contributed by atoms with van der Waals surface area (Å²) in [5.41, 5.74) is 0. The number of hydrogen-bond donors (Lipinski definition) is 8. The van der Waals surface area contributed by atoms with Crippen molar-refractivity contribution in [2.45, 2.75) is 17.2 Å². The van der Waals surface area contributed by atoms with Crippen LogP contribution < -0.4 is 0 Å². The molecule has 0 fully saturated rings. The summed E-state index contributed by atoms with van der Waals surface area (Å²) in [5, 5.41) is -5.82. The van der Waals surface area contributed by atoms with Gasteiger partial charge in [0.2, 0.25) is 0 Å². The van der Waals surface area contributed by atoms with E-state index in [9.17, 15) is 18.3 Å². The molecule has 0 amide bonds. The molecule has 0 aliphatic rings. The van der Waals surface area contributed by atoms with E-state index in [1.165, 1.54) is 0 Å². The van der Waals surface area contributed by atoms with Crippen LogP contribution in [0.1, 0.15) is 6.42 Å². The zero-order chi connectivity index (χ0) is 15.9. The van der Waals surface area contributed by atoms with Crippen molar-refractivity contribution in [3.8, 4) is 0 Å². The van der Waals surface area contributed by atoms with Crippen molar-refractivity contribution in [3.05, 3.63) is 0 Å². The molecule has 0 atom stereocenters. The molecule has 0 heterocycles. The van der Waals surface area contributed by atoms with E-state index in [0.717, 1.165) is 0 Å². The zero-order valence-corrected chi connectivity index (χ0v) is 12.4. The quantitative estimate of drug-likeness (QED) is 0.141. The van der Waals surface area contributed by atoms with Crippen LogP contribution in [0, 0.1) is 0 Å². The molecule has 0 radical (unpaired) electrons. The SMILES string of the molecule is O=P(O)(O)C(CC(P(=O)(O)O)P(=O)(O)O)P(=O)(O)O.[NaH].[NaH].[NaH].[NaH]. The van der Waals surface area contributed by atoms with Crippen LogP contribution in [0.4, 0.5) is 0 Å². The van der Waals surface area contributed by atoms with E-state index in [0.29, 0.717) is 0 Å². The predicted molar refractivity (Wildman–Crippen MR) is 89.0 cm³/mol. The van der Waals surface area contributed by atoms with Crippen molar-refractivity contribution in [2.24, 2.45) is 0 Å². The molecule has 0 spiro atoms. The van der Waals surface area contributed by atoms with E-state index < -0.39 is 47.6 Å². The van der Waals surface area contributed by atoms with Gasteiger partial charge in [0, 0.05) is 0 Å². The van der Waals surface area contributed by atoms with Crippen molar-refractivity contribution < 1.29 is 57.4 Å². The van der Waals surface area contributed by atoms with Crippen LogP contribution in [-0.4, -0.2) is 168 Å². The second-order valence-corrected chi connectivity index (χ2v) is 11.6. The Morgan fingerprint density at radius 1 is 0.478 bits per heavy atom. The average molecular weight is 460 g/mol. The third-order valence-electron chi connectivity index (χ3n) is 1.97. The van der Waals surface area contributed by atoms with Gasteiger partial charge in [-0.2, -0.15) is 0 Å². The Hall–Kier alpha value is 4.60. The van der Waals surface area contributed by atoms with Gasteiger partial charge in [-0.15, -0.1) is 0 Å². The zero-order valence-electron chi connectivity index (χ0n) is 8.86. The summed E-state index contributed by atoms with van der Waals surface area (Å²) in [6.07, 6.45) is -1.73. The average Bonchev–Trinajstić information content (AvgIpc) is 1.91. The molecule has 20 heteroatoms. The fourth-order valence-corrected chi connectivity index (χ4v) is 6.87. The van der Waals surface area contributed by atoms with Gasteiger partial charge in [0.05, 0.1) is 0 Å². The molecular formula is C3H16Na4O12P4. The van der Waals surface area contributed by atoms with Crippen LogP contribution in [0.5, 0.6) is 0 Å². The third kappa shape index (κ3) is 15.1. The second kappa shape index (κ2) is 13.8. The van der Waals surface area contributed by atoms with Gasteiger partial charge in [0.15, 0.2) is 10.8 Å². The van der Waals surface area contributed by atoms with Crippen molar-refractivity contribution in [2.75, 3.05) is 0 Å². The molecule has 0 aromatic heterocycles. The molecule has 0 aliphatic heterocycles. The van der Waals surface area contributed by atoms with Gasteiger partial charge in [-0.1, -0.05) is 0 Å². The van der Waals surface area contributed by atoms with Gasteiger partial charge in [-0.25, -0.2) is 0 Å². The first-order chi connectivity index (χ1) is 7.97. The molecule has 0 bridgehead atoms. The Bertz CT molecular complexity index is 424. The number of rotatable bonds is 6. The normalized spacial score (nSPS) is 12.6. The first kappa shape index (κ1) is 38.2. The van der Waals surface area contributed by atoms with E-state index in [1.807, 2.05) is 0 Å². The van der Waals surface area contributed by atoms with Crippen molar-refractivity contribution in [1.82, 2.24) is 0 Å². The van der Waals surface area contributed by atoms with Gasteiger partial charge in [0.1, 0.15) is 0 Å². The van der Waals surface area contributed by atoms with Crippen LogP contribution in [-0.2, 0) is 18.3 Å². The standard InChI is InChI=1S/C3H12O12P4.4Na.4H/c4-16(5,6)2(17(7,8)9)1-3(18(10,11)12)19(13,14)15;;;;;;;;/h2-3H,1H2,(H2,4,5,6)(H2,7,8,9)(H2,10,11,12)(H2,13,14,15);;;;;;;;. The molecule has 0 unspecified atom stereocenters.